The first-order valence-electron chi connectivity index (χ1n) is 10.7. The normalized spacial score (nSPS) is 11.5. The minimum atomic E-state index is 0.282. The first-order valence-corrected chi connectivity index (χ1v) is 12.7. The van der Waals surface area contributed by atoms with Crippen LogP contribution in [0, 0.1) is 5.41 Å². The third-order valence-electron chi connectivity index (χ3n) is 5.62. The highest BCUT2D eigenvalue weighted by atomic mass is 79.9. The highest BCUT2D eigenvalue weighted by Crippen LogP contribution is 2.43. The summed E-state index contributed by atoms with van der Waals surface area (Å²) in [4.78, 5) is 3.75. The van der Waals surface area contributed by atoms with Crippen LogP contribution in [0.5, 0.6) is 5.75 Å². The van der Waals surface area contributed by atoms with Gasteiger partial charge in [0, 0.05) is 17.1 Å². The van der Waals surface area contributed by atoms with Crippen molar-refractivity contribution in [2.75, 3.05) is 24.8 Å². The molecule has 0 aromatic heterocycles. The monoisotopic (exact) mass is 477 g/mol. The summed E-state index contributed by atoms with van der Waals surface area (Å²) in [6, 6.07) is 15.2. The van der Waals surface area contributed by atoms with Crippen molar-refractivity contribution in [3.8, 4) is 5.75 Å². The van der Waals surface area contributed by atoms with Gasteiger partial charge >= 0.3 is 0 Å². The molecule has 0 aliphatic rings. The third kappa shape index (κ3) is 6.68. The number of thioether (sulfide) groups is 1. The van der Waals surface area contributed by atoms with Crippen LogP contribution in [-0.4, -0.2) is 19.9 Å². The summed E-state index contributed by atoms with van der Waals surface area (Å²) < 4.78 is 6.55. The van der Waals surface area contributed by atoms with Gasteiger partial charge in [-0.2, -0.15) is 0 Å². The van der Waals surface area contributed by atoms with Gasteiger partial charge in [-0.1, -0.05) is 64.7 Å². The second-order valence-corrected chi connectivity index (χ2v) is 9.80. The van der Waals surface area contributed by atoms with E-state index in [1.54, 1.807) is 18.9 Å². The molecule has 160 valence electrons. The number of para-hydroxylation sites is 1. The summed E-state index contributed by atoms with van der Waals surface area (Å²) in [5, 5.41) is 0. The summed E-state index contributed by atoms with van der Waals surface area (Å²) in [6.07, 6.45) is 9.73. The van der Waals surface area contributed by atoms with Gasteiger partial charge in [-0.15, -0.1) is 11.8 Å². The maximum Gasteiger partial charge on any atom is 0.134 e. The number of rotatable bonds is 12. The Balaban J connectivity index is 2.52. The molecule has 0 amide bonds. The SMILES string of the molecule is CCCCC(C)(CCCC)CN(c1ccccc1)c1cc(Br)c(OC)cc1SC. The van der Waals surface area contributed by atoms with E-state index in [1.807, 2.05) is 0 Å². The van der Waals surface area contributed by atoms with Crippen LogP contribution < -0.4 is 9.64 Å². The van der Waals surface area contributed by atoms with E-state index in [9.17, 15) is 0 Å². The van der Waals surface area contributed by atoms with Crippen molar-refractivity contribution in [1.29, 1.82) is 0 Å². The third-order valence-corrected chi connectivity index (χ3v) is 7.01. The number of ether oxygens (including phenoxy) is 1. The van der Waals surface area contributed by atoms with Crippen LogP contribution in [0.3, 0.4) is 0 Å². The number of anilines is 2. The molecule has 0 heterocycles. The van der Waals surface area contributed by atoms with E-state index in [4.69, 9.17) is 4.74 Å². The van der Waals surface area contributed by atoms with Crippen molar-refractivity contribution in [3.05, 3.63) is 46.9 Å². The van der Waals surface area contributed by atoms with Crippen molar-refractivity contribution in [1.82, 2.24) is 0 Å². The van der Waals surface area contributed by atoms with Crippen LogP contribution in [-0.2, 0) is 0 Å². The van der Waals surface area contributed by atoms with E-state index in [0.29, 0.717) is 0 Å². The van der Waals surface area contributed by atoms with Gasteiger partial charge in [0.25, 0.3) is 0 Å². The molecule has 2 nitrogen and oxygen atoms in total. The Morgan fingerprint density at radius 1 is 1.03 bits per heavy atom. The summed E-state index contributed by atoms with van der Waals surface area (Å²) in [5.74, 6) is 0.880. The van der Waals surface area contributed by atoms with Gasteiger partial charge in [0.05, 0.1) is 17.3 Å². The van der Waals surface area contributed by atoms with Crippen molar-refractivity contribution >= 4 is 39.1 Å². The van der Waals surface area contributed by atoms with Crippen LogP contribution in [0.4, 0.5) is 11.4 Å². The second-order valence-electron chi connectivity index (χ2n) is 8.10. The van der Waals surface area contributed by atoms with E-state index in [1.165, 1.54) is 54.8 Å². The van der Waals surface area contributed by atoms with Crippen molar-refractivity contribution < 1.29 is 4.74 Å². The smallest absolute Gasteiger partial charge is 0.134 e. The first kappa shape index (κ1) is 24.1. The van der Waals surface area contributed by atoms with Gasteiger partial charge in [0.1, 0.15) is 5.75 Å². The Morgan fingerprint density at radius 3 is 2.17 bits per heavy atom. The van der Waals surface area contributed by atoms with Crippen LogP contribution in [0.15, 0.2) is 51.8 Å². The Hall–Kier alpha value is -1.13. The minimum absolute atomic E-state index is 0.282. The van der Waals surface area contributed by atoms with Gasteiger partial charge in [-0.05, 0) is 64.7 Å². The lowest BCUT2D eigenvalue weighted by Gasteiger charge is -2.38. The highest BCUT2D eigenvalue weighted by Gasteiger charge is 2.28. The number of nitrogens with zero attached hydrogens (tertiary/aromatic N) is 1. The van der Waals surface area contributed by atoms with Crippen molar-refractivity contribution in [2.45, 2.75) is 64.2 Å². The number of halogens is 1. The number of methoxy groups -OCH3 is 1. The largest absolute Gasteiger partial charge is 0.496 e. The molecule has 0 bridgehead atoms. The maximum atomic E-state index is 5.56. The predicted molar refractivity (Wildman–Crippen MR) is 133 cm³/mol. The number of benzene rings is 2. The molecule has 0 saturated carbocycles. The summed E-state index contributed by atoms with van der Waals surface area (Å²) in [7, 11) is 1.73. The Morgan fingerprint density at radius 2 is 1.66 bits per heavy atom. The molecular formula is C25H36BrNOS. The molecule has 2 aromatic rings. The van der Waals surface area contributed by atoms with Gasteiger partial charge < -0.3 is 9.64 Å². The van der Waals surface area contributed by atoms with Crippen LogP contribution >= 0.6 is 27.7 Å². The molecule has 4 heteroatoms. The fourth-order valence-electron chi connectivity index (χ4n) is 3.85. The fraction of sp³-hybridized carbons (Fsp3) is 0.520. The van der Waals surface area contributed by atoms with Crippen molar-refractivity contribution in [3.63, 3.8) is 0 Å². The zero-order valence-electron chi connectivity index (χ0n) is 18.6. The number of unbranched alkanes of at least 4 members (excludes halogenated alkanes) is 2. The second kappa shape index (κ2) is 11.9. The van der Waals surface area contributed by atoms with Gasteiger partial charge in [-0.25, -0.2) is 0 Å². The van der Waals surface area contributed by atoms with Crippen LogP contribution in [0.1, 0.15) is 59.3 Å². The van der Waals surface area contributed by atoms with E-state index in [2.05, 4.69) is 90.3 Å². The first-order chi connectivity index (χ1) is 14.0. The van der Waals surface area contributed by atoms with Gasteiger partial charge in [-0.3, -0.25) is 0 Å². The maximum absolute atomic E-state index is 5.56. The summed E-state index contributed by atoms with van der Waals surface area (Å²) in [5.41, 5.74) is 2.78. The lowest BCUT2D eigenvalue weighted by molar-refractivity contribution is 0.265. The zero-order valence-corrected chi connectivity index (χ0v) is 21.0. The van der Waals surface area contributed by atoms with Crippen LogP contribution in [0.2, 0.25) is 0 Å². The molecular weight excluding hydrogens is 442 g/mol. The Labute approximate surface area is 190 Å². The topological polar surface area (TPSA) is 12.5 Å². The van der Waals surface area contributed by atoms with E-state index in [0.717, 1.165) is 16.8 Å². The quantitative estimate of drug-likeness (QED) is 0.283. The Kier molecular flexibility index (Phi) is 9.91. The lowest BCUT2D eigenvalue weighted by Crippen LogP contribution is -2.33. The molecule has 29 heavy (non-hydrogen) atoms. The molecule has 2 aromatic carbocycles. The molecule has 0 unspecified atom stereocenters. The minimum Gasteiger partial charge on any atom is -0.496 e. The van der Waals surface area contributed by atoms with E-state index in [-0.39, 0.29) is 5.41 Å². The standard InChI is InChI=1S/C25H36BrNOS/c1-6-8-15-25(3,16-9-7-2)19-27(20-13-11-10-12-14-20)22-17-21(26)23(28-4)18-24(22)29-5/h10-14,17-18H,6-9,15-16,19H2,1-5H3. The molecule has 0 spiro atoms. The fourth-order valence-corrected chi connectivity index (χ4v) is 4.95. The van der Waals surface area contributed by atoms with E-state index >= 15 is 0 Å². The molecule has 0 N–H and O–H groups in total. The highest BCUT2D eigenvalue weighted by molar-refractivity contribution is 9.10. The molecule has 0 aliphatic heterocycles. The molecule has 0 fully saturated rings. The molecule has 0 saturated heterocycles. The Bertz CT molecular complexity index is 742. The average molecular weight is 479 g/mol. The van der Waals surface area contributed by atoms with Crippen LogP contribution in [0.25, 0.3) is 0 Å². The summed E-state index contributed by atoms with van der Waals surface area (Å²) in [6.45, 7) is 8.08. The average Bonchev–Trinajstić information content (AvgIpc) is 2.75. The predicted octanol–water partition coefficient (Wildman–Crippen LogP) is 8.70. The number of hydrogen-bond donors (Lipinski definition) is 0. The van der Waals surface area contributed by atoms with E-state index < -0.39 is 0 Å². The molecule has 2 rings (SSSR count). The summed E-state index contributed by atoms with van der Waals surface area (Å²) >= 11 is 5.49. The lowest BCUT2D eigenvalue weighted by atomic mass is 9.79. The van der Waals surface area contributed by atoms with Crippen molar-refractivity contribution in [2.24, 2.45) is 5.41 Å². The van der Waals surface area contributed by atoms with Gasteiger partial charge in [0.15, 0.2) is 0 Å². The molecule has 0 radical (unpaired) electrons. The molecule has 0 aliphatic carbocycles. The number of hydrogen-bond acceptors (Lipinski definition) is 3. The zero-order chi connectivity index (χ0) is 21.3. The molecule has 0 atom stereocenters. The van der Waals surface area contributed by atoms with Gasteiger partial charge in [0.2, 0.25) is 0 Å².